The van der Waals surface area contributed by atoms with Gasteiger partial charge < -0.3 is 31.2 Å². The maximum absolute atomic E-state index is 13.0. The van der Waals surface area contributed by atoms with Crippen LogP contribution < -0.4 is 21.3 Å². The van der Waals surface area contributed by atoms with Gasteiger partial charge in [-0.05, 0) is 68.9 Å². The van der Waals surface area contributed by atoms with Crippen LogP contribution in [0.5, 0.6) is 0 Å². The van der Waals surface area contributed by atoms with E-state index in [0.29, 0.717) is 51.6 Å². The van der Waals surface area contributed by atoms with Crippen molar-refractivity contribution >= 4 is 46.6 Å². The van der Waals surface area contributed by atoms with Crippen molar-refractivity contribution in [1.29, 1.82) is 0 Å². The highest BCUT2D eigenvalue weighted by molar-refractivity contribution is 6.35. The molecule has 42 heavy (non-hydrogen) atoms. The molecule has 12 heteroatoms. The number of aryl methyl sites for hydroxylation is 1. The van der Waals surface area contributed by atoms with Crippen LogP contribution in [0.2, 0.25) is 0 Å². The molecule has 0 saturated heterocycles. The van der Waals surface area contributed by atoms with Crippen molar-refractivity contribution in [3.8, 4) is 0 Å². The summed E-state index contributed by atoms with van der Waals surface area (Å²) in [6.45, 7) is 10.8. The van der Waals surface area contributed by atoms with Crippen molar-refractivity contribution < 1.29 is 27.6 Å². The fourth-order valence-electron chi connectivity index (χ4n) is 4.84. The number of carbonyl (C=O) groups excluding carboxylic acids is 3. The SMILES string of the molecule is CCN(CC)CCNC(=O)c1c(C)[nH]c(/C=C2\C(=O)Nc3cc(NC(=O)Nc4cccc(C(F)(F)F)c4)ccc32)c1C. The molecule has 0 radical (unpaired) electrons. The normalized spacial score (nSPS) is 13.7. The van der Waals surface area contributed by atoms with Crippen LogP contribution in [0, 0.1) is 13.8 Å². The Hall–Kier alpha value is -4.58. The van der Waals surface area contributed by atoms with Gasteiger partial charge in [-0.25, -0.2) is 4.79 Å². The van der Waals surface area contributed by atoms with E-state index in [0.717, 1.165) is 31.8 Å². The zero-order valence-electron chi connectivity index (χ0n) is 23.8. The lowest BCUT2D eigenvalue weighted by Gasteiger charge is -2.18. The molecule has 5 N–H and O–H groups in total. The number of amides is 4. The Balaban J connectivity index is 1.47. The summed E-state index contributed by atoms with van der Waals surface area (Å²) >= 11 is 0. The molecular formula is C30H33F3N6O3. The lowest BCUT2D eigenvalue weighted by molar-refractivity contribution is -0.137. The van der Waals surface area contributed by atoms with E-state index in [9.17, 15) is 27.6 Å². The number of H-pyrrole nitrogens is 1. The number of likely N-dealkylation sites (N-methyl/N-ethyl adjacent to an activating group) is 1. The number of carbonyl (C=O) groups is 3. The summed E-state index contributed by atoms with van der Waals surface area (Å²) in [4.78, 5) is 43.6. The maximum Gasteiger partial charge on any atom is 0.416 e. The quantitative estimate of drug-likeness (QED) is 0.203. The molecule has 4 rings (SSSR count). The number of fused-ring (bicyclic) bond motifs is 1. The van der Waals surface area contributed by atoms with Gasteiger partial charge in [0.05, 0.1) is 22.4 Å². The molecule has 2 heterocycles. The molecule has 1 aliphatic heterocycles. The predicted molar refractivity (Wildman–Crippen MR) is 157 cm³/mol. The summed E-state index contributed by atoms with van der Waals surface area (Å²) in [5.74, 6) is -0.541. The second-order valence-electron chi connectivity index (χ2n) is 9.88. The molecule has 0 aliphatic carbocycles. The van der Waals surface area contributed by atoms with Gasteiger partial charge in [0.15, 0.2) is 0 Å². The first-order valence-electron chi connectivity index (χ1n) is 13.5. The third-order valence-electron chi connectivity index (χ3n) is 7.11. The fourth-order valence-corrected chi connectivity index (χ4v) is 4.84. The fraction of sp³-hybridized carbons (Fsp3) is 0.300. The van der Waals surface area contributed by atoms with Gasteiger partial charge in [0.1, 0.15) is 0 Å². The van der Waals surface area contributed by atoms with Gasteiger partial charge in [0.25, 0.3) is 11.8 Å². The second-order valence-corrected chi connectivity index (χ2v) is 9.88. The number of aromatic nitrogens is 1. The third kappa shape index (κ3) is 6.82. The molecule has 0 spiro atoms. The minimum atomic E-state index is -4.53. The minimum absolute atomic E-state index is 0.0180. The van der Waals surface area contributed by atoms with Crippen molar-refractivity contribution in [3.63, 3.8) is 0 Å². The van der Waals surface area contributed by atoms with Crippen LogP contribution in [0.15, 0.2) is 42.5 Å². The van der Waals surface area contributed by atoms with Crippen molar-refractivity contribution in [1.82, 2.24) is 15.2 Å². The largest absolute Gasteiger partial charge is 0.416 e. The van der Waals surface area contributed by atoms with Gasteiger partial charge in [-0.3, -0.25) is 9.59 Å². The predicted octanol–water partition coefficient (Wildman–Crippen LogP) is 5.86. The Morgan fingerprint density at radius 2 is 1.69 bits per heavy atom. The van der Waals surface area contributed by atoms with Crippen molar-refractivity contribution in [2.45, 2.75) is 33.9 Å². The Morgan fingerprint density at radius 1 is 1.00 bits per heavy atom. The molecule has 3 aromatic rings. The summed E-state index contributed by atoms with van der Waals surface area (Å²) < 4.78 is 38.9. The van der Waals surface area contributed by atoms with E-state index in [1.54, 1.807) is 31.2 Å². The van der Waals surface area contributed by atoms with Crippen LogP contribution in [0.4, 0.5) is 35.0 Å². The molecular weight excluding hydrogens is 549 g/mol. The van der Waals surface area contributed by atoms with E-state index in [1.807, 2.05) is 6.92 Å². The van der Waals surface area contributed by atoms with E-state index >= 15 is 0 Å². The van der Waals surface area contributed by atoms with Crippen molar-refractivity contribution in [2.24, 2.45) is 0 Å². The summed E-state index contributed by atoms with van der Waals surface area (Å²) in [5, 5.41) is 10.7. The molecule has 4 amide bonds. The van der Waals surface area contributed by atoms with Gasteiger partial charge in [0.2, 0.25) is 0 Å². The zero-order chi connectivity index (χ0) is 30.6. The number of rotatable bonds is 9. The zero-order valence-corrected chi connectivity index (χ0v) is 23.8. The van der Waals surface area contributed by atoms with E-state index in [1.165, 1.54) is 12.1 Å². The number of halogens is 3. The highest BCUT2D eigenvalue weighted by Crippen LogP contribution is 2.36. The molecule has 0 atom stereocenters. The molecule has 0 fully saturated rings. The van der Waals surface area contributed by atoms with Gasteiger partial charge in [-0.2, -0.15) is 13.2 Å². The first kappa shape index (κ1) is 30.4. The van der Waals surface area contributed by atoms with E-state index < -0.39 is 17.8 Å². The number of nitrogens with one attached hydrogen (secondary N) is 5. The average molecular weight is 583 g/mol. The Bertz CT molecular complexity index is 1540. The van der Waals surface area contributed by atoms with Crippen molar-refractivity contribution in [2.75, 3.05) is 42.1 Å². The lowest BCUT2D eigenvalue weighted by Crippen LogP contribution is -2.35. The van der Waals surface area contributed by atoms with Crippen LogP contribution in [-0.2, 0) is 11.0 Å². The standard InChI is InChI=1S/C30H33F3N6O3/c1-5-39(6-2)13-12-34-28(41)26-17(3)24(35-18(26)4)16-23-22-11-10-21(15-25(22)38-27(23)40)37-29(42)36-20-9-7-8-19(14-20)30(31,32)33/h7-11,14-16,35H,5-6,12-13H2,1-4H3,(H,34,41)(H,38,40)(H2,36,37,42)/b23-16-. The van der Waals surface area contributed by atoms with Crippen LogP contribution in [0.3, 0.4) is 0 Å². The number of alkyl halides is 3. The number of anilines is 3. The van der Waals surface area contributed by atoms with Crippen LogP contribution >= 0.6 is 0 Å². The molecule has 0 unspecified atom stereocenters. The minimum Gasteiger partial charge on any atom is -0.358 e. The number of benzene rings is 2. The van der Waals surface area contributed by atoms with E-state index in [4.69, 9.17) is 0 Å². The molecule has 9 nitrogen and oxygen atoms in total. The average Bonchev–Trinajstić information content (AvgIpc) is 3.39. The van der Waals surface area contributed by atoms with Crippen molar-refractivity contribution in [3.05, 3.63) is 76.1 Å². The molecule has 1 aliphatic rings. The smallest absolute Gasteiger partial charge is 0.358 e. The summed E-state index contributed by atoms with van der Waals surface area (Å²) in [6.07, 6.45) is -2.85. The molecule has 2 aromatic carbocycles. The molecule has 0 bridgehead atoms. The summed E-state index contributed by atoms with van der Waals surface area (Å²) in [7, 11) is 0. The third-order valence-corrected chi connectivity index (χ3v) is 7.11. The first-order valence-corrected chi connectivity index (χ1v) is 13.5. The highest BCUT2D eigenvalue weighted by Gasteiger charge is 2.30. The lowest BCUT2D eigenvalue weighted by atomic mass is 10.0. The maximum atomic E-state index is 13.0. The second kappa shape index (κ2) is 12.5. The van der Waals surface area contributed by atoms with Crippen LogP contribution in [-0.4, -0.2) is 53.9 Å². The monoisotopic (exact) mass is 582 g/mol. The van der Waals surface area contributed by atoms with Gasteiger partial charge in [-0.1, -0.05) is 26.0 Å². The number of hydrogen-bond donors (Lipinski definition) is 5. The highest BCUT2D eigenvalue weighted by atomic mass is 19.4. The number of hydrogen-bond acceptors (Lipinski definition) is 4. The van der Waals surface area contributed by atoms with Crippen LogP contribution in [0.25, 0.3) is 11.6 Å². The summed E-state index contributed by atoms with van der Waals surface area (Å²) in [5.41, 5.74) is 3.42. The van der Waals surface area contributed by atoms with Gasteiger partial charge in [0, 0.05) is 41.4 Å². The number of nitrogens with zero attached hydrogens (tertiary/aromatic N) is 1. The Morgan fingerprint density at radius 3 is 2.36 bits per heavy atom. The summed E-state index contributed by atoms with van der Waals surface area (Å²) in [6, 6.07) is 8.36. The number of aromatic amines is 1. The van der Waals surface area contributed by atoms with E-state index in [2.05, 4.69) is 45.0 Å². The molecule has 1 aromatic heterocycles. The van der Waals surface area contributed by atoms with Gasteiger partial charge >= 0.3 is 12.2 Å². The molecule has 222 valence electrons. The Kier molecular flexibility index (Phi) is 9.05. The van der Waals surface area contributed by atoms with Crippen LogP contribution in [0.1, 0.15) is 52.3 Å². The van der Waals surface area contributed by atoms with E-state index in [-0.39, 0.29) is 17.5 Å². The molecule has 0 saturated carbocycles. The van der Waals surface area contributed by atoms with Gasteiger partial charge in [-0.15, -0.1) is 0 Å². The first-order chi connectivity index (χ1) is 19.9. The topological polar surface area (TPSA) is 118 Å². The number of urea groups is 1. The Labute approximate surface area is 241 Å².